The van der Waals surface area contributed by atoms with Crippen LogP contribution >= 0.6 is 0 Å². The van der Waals surface area contributed by atoms with Crippen LogP contribution in [-0.2, 0) is 21.5 Å². The van der Waals surface area contributed by atoms with Crippen LogP contribution in [0.15, 0.2) is 42.5 Å². The van der Waals surface area contributed by atoms with Crippen molar-refractivity contribution >= 4 is 5.97 Å². The Kier molecular flexibility index (Phi) is 6.66. The molecule has 0 amide bonds. The Bertz CT molecular complexity index is 1060. The third-order valence-corrected chi connectivity index (χ3v) is 6.05. The molecule has 0 atom stereocenters. The fourth-order valence-corrected chi connectivity index (χ4v) is 4.40. The minimum absolute atomic E-state index is 0.137. The summed E-state index contributed by atoms with van der Waals surface area (Å²) in [5.41, 5.74) is 4.34. The molecule has 1 fully saturated rings. The summed E-state index contributed by atoms with van der Waals surface area (Å²) in [7, 11) is 0. The summed E-state index contributed by atoms with van der Waals surface area (Å²) in [5, 5.41) is 0. The van der Waals surface area contributed by atoms with Crippen molar-refractivity contribution in [3.63, 3.8) is 0 Å². The summed E-state index contributed by atoms with van der Waals surface area (Å²) >= 11 is 0. The zero-order valence-electron chi connectivity index (χ0n) is 18.5. The van der Waals surface area contributed by atoms with Crippen molar-refractivity contribution in [1.82, 2.24) is 4.90 Å². The second-order valence-electron chi connectivity index (χ2n) is 8.59. The molecule has 174 valence electrons. The van der Waals surface area contributed by atoms with Gasteiger partial charge in [0.1, 0.15) is 5.75 Å². The first-order chi connectivity index (χ1) is 15.8. The minimum Gasteiger partial charge on any atom is -0.466 e. The van der Waals surface area contributed by atoms with Crippen molar-refractivity contribution < 1.29 is 27.4 Å². The van der Waals surface area contributed by atoms with Crippen molar-refractivity contribution in [3.05, 3.63) is 64.7 Å². The van der Waals surface area contributed by atoms with Crippen molar-refractivity contribution in [3.8, 4) is 17.6 Å². The van der Waals surface area contributed by atoms with E-state index in [1.165, 1.54) is 35.4 Å². The number of carbonyl (C=O) groups excluding carboxylic acids is 1. The summed E-state index contributed by atoms with van der Waals surface area (Å²) < 4.78 is 45.8. The number of fused-ring (bicyclic) bond motifs is 2. The number of ether oxygens (including phenoxy) is 2. The highest BCUT2D eigenvalue weighted by Gasteiger charge is 2.48. The Balaban J connectivity index is 1.41. The van der Waals surface area contributed by atoms with E-state index >= 15 is 0 Å². The molecule has 0 radical (unpaired) electrons. The topological polar surface area (TPSA) is 38.8 Å². The van der Waals surface area contributed by atoms with Gasteiger partial charge in [-0.2, -0.15) is 0 Å². The Hall–Kier alpha value is -2.98. The van der Waals surface area contributed by atoms with E-state index < -0.39 is 6.36 Å². The zero-order chi connectivity index (χ0) is 23.5. The maximum atomic E-state index is 12.3. The maximum Gasteiger partial charge on any atom is 0.573 e. The highest BCUT2D eigenvalue weighted by atomic mass is 19.4. The number of hydrogen-bond donors (Lipinski definition) is 0. The smallest absolute Gasteiger partial charge is 0.466 e. The van der Waals surface area contributed by atoms with Gasteiger partial charge in [-0.1, -0.05) is 17.9 Å². The molecule has 2 aliphatic rings. The fraction of sp³-hybridized carbons (Fsp3) is 0.423. The predicted octanol–water partition coefficient (Wildman–Crippen LogP) is 5.18. The summed E-state index contributed by atoms with van der Waals surface area (Å²) in [6.45, 7) is 4.95. The van der Waals surface area contributed by atoms with E-state index in [-0.39, 0.29) is 17.1 Å². The number of benzene rings is 2. The normalized spacial score (nSPS) is 16.5. The third kappa shape index (κ3) is 6.08. The number of nitrogens with zero attached hydrogens (tertiary/aromatic N) is 1. The number of esters is 1. The van der Waals surface area contributed by atoms with Crippen molar-refractivity contribution in [2.24, 2.45) is 0 Å². The molecule has 33 heavy (non-hydrogen) atoms. The second-order valence-corrected chi connectivity index (χ2v) is 8.59. The van der Waals surface area contributed by atoms with Crippen LogP contribution in [0.3, 0.4) is 0 Å². The van der Waals surface area contributed by atoms with Crippen LogP contribution in [0.2, 0.25) is 0 Å². The van der Waals surface area contributed by atoms with Gasteiger partial charge in [0.05, 0.1) is 6.61 Å². The summed E-state index contributed by atoms with van der Waals surface area (Å²) in [6, 6.07) is 11.8. The van der Waals surface area contributed by atoms with Gasteiger partial charge in [0.2, 0.25) is 0 Å². The maximum absolute atomic E-state index is 12.3. The number of alkyl halides is 3. The van der Waals surface area contributed by atoms with Crippen molar-refractivity contribution in [2.75, 3.05) is 19.7 Å². The monoisotopic (exact) mass is 457 g/mol. The Morgan fingerprint density at radius 2 is 1.79 bits per heavy atom. The SMILES string of the molecule is CCOC(=O)CCCN1Cc2ccc(C#Cc3ccc(OC(F)(F)F)cc3)cc2C2(CC2)C1. The molecule has 2 aromatic rings. The average Bonchev–Trinajstić information content (AvgIpc) is 3.52. The fourth-order valence-electron chi connectivity index (χ4n) is 4.40. The van der Waals surface area contributed by atoms with Crippen LogP contribution in [0.1, 0.15) is 54.9 Å². The molecule has 0 saturated heterocycles. The second kappa shape index (κ2) is 9.48. The highest BCUT2D eigenvalue weighted by Crippen LogP contribution is 2.52. The number of carbonyl (C=O) groups is 1. The van der Waals surface area contributed by atoms with Gasteiger partial charge in [-0.15, -0.1) is 13.2 Å². The molecule has 0 bridgehead atoms. The molecule has 0 N–H and O–H groups in total. The third-order valence-electron chi connectivity index (χ3n) is 6.05. The quantitative estimate of drug-likeness (QED) is 0.443. The van der Waals surface area contributed by atoms with Crippen LogP contribution in [0.5, 0.6) is 5.75 Å². The van der Waals surface area contributed by atoms with E-state index in [1.54, 1.807) is 0 Å². The Labute approximate surface area is 191 Å². The van der Waals surface area contributed by atoms with Crippen LogP contribution in [0.4, 0.5) is 13.2 Å². The standard InChI is InChI=1S/C26H26F3NO3/c1-2-32-24(31)4-3-15-30-17-21-10-7-20(16-23(21)25(18-30)13-14-25)6-5-19-8-11-22(12-9-19)33-26(27,28)29/h7-12,16H,2-4,13-15,17-18H2,1H3. The van der Waals surface area contributed by atoms with Gasteiger partial charge in [-0.25, -0.2) is 0 Å². The molecule has 1 aliphatic carbocycles. The van der Waals surface area contributed by atoms with Gasteiger partial charge in [-0.3, -0.25) is 9.69 Å². The van der Waals surface area contributed by atoms with Gasteiger partial charge in [0, 0.05) is 36.1 Å². The number of rotatable bonds is 6. The lowest BCUT2D eigenvalue weighted by molar-refractivity contribution is -0.274. The average molecular weight is 457 g/mol. The van der Waals surface area contributed by atoms with Gasteiger partial charge in [0.25, 0.3) is 0 Å². The van der Waals surface area contributed by atoms with Crippen molar-refractivity contribution in [2.45, 2.75) is 50.9 Å². The first kappa shape index (κ1) is 23.2. The summed E-state index contributed by atoms with van der Waals surface area (Å²) in [6.07, 6.45) is -1.17. The first-order valence-corrected chi connectivity index (χ1v) is 11.2. The van der Waals surface area contributed by atoms with Crippen LogP contribution in [-0.4, -0.2) is 36.9 Å². The largest absolute Gasteiger partial charge is 0.573 e. The van der Waals surface area contributed by atoms with E-state index in [4.69, 9.17) is 4.74 Å². The lowest BCUT2D eigenvalue weighted by Crippen LogP contribution is -2.38. The van der Waals surface area contributed by atoms with Gasteiger partial charge >= 0.3 is 12.3 Å². The molecule has 2 aromatic carbocycles. The molecule has 1 aliphatic heterocycles. The Morgan fingerprint density at radius 1 is 1.09 bits per heavy atom. The van der Waals surface area contributed by atoms with E-state index in [1.807, 2.05) is 13.0 Å². The number of hydrogen-bond acceptors (Lipinski definition) is 4. The molecular weight excluding hydrogens is 431 g/mol. The lowest BCUT2D eigenvalue weighted by Gasteiger charge is -2.35. The minimum atomic E-state index is -4.70. The van der Waals surface area contributed by atoms with Crippen LogP contribution in [0, 0.1) is 11.8 Å². The van der Waals surface area contributed by atoms with Gasteiger partial charge < -0.3 is 9.47 Å². The molecule has 4 nitrogen and oxygen atoms in total. The molecule has 0 unspecified atom stereocenters. The molecular formula is C26H26F3NO3. The van der Waals surface area contributed by atoms with Gasteiger partial charge in [-0.05, 0) is 80.3 Å². The molecule has 1 heterocycles. The van der Waals surface area contributed by atoms with Crippen LogP contribution < -0.4 is 4.74 Å². The molecule has 1 saturated carbocycles. The predicted molar refractivity (Wildman–Crippen MR) is 118 cm³/mol. The first-order valence-electron chi connectivity index (χ1n) is 11.2. The van der Waals surface area contributed by atoms with E-state index in [0.717, 1.165) is 44.5 Å². The molecule has 7 heteroatoms. The zero-order valence-corrected chi connectivity index (χ0v) is 18.5. The summed E-state index contributed by atoms with van der Waals surface area (Å²) in [4.78, 5) is 14.0. The molecule has 0 aromatic heterocycles. The van der Waals surface area contributed by atoms with E-state index in [0.29, 0.717) is 18.6 Å². The Morgan fingerprint density at radius 3 is 2.45 bits per heavy atom. The summed E-state index contributed by atoms with van der Waals surface area (Å²) in [5.74, 6) is 5.76. The van der Waals surface area contributed by atoms with Crippen molar-refractivity contribution in [1.29, 1.82) is 0 Å². The van der Waals surface area contributed by atoms with E-state index in [2.05, 4.69) is 33.6 Å². The number of halogens is 3. The molecule has 1 spiro atoms. The molecule has 4 rings (SSSR count). The highest BCUT2D eigenvalue weighted by molar-refractivity contribution is 5.69. The lowest BCUT2D eigenvalue weighted by atomic mass is 9.85. The van der Waals surface area contributed by atoms with E-state index in [9.17, 15) is 18.0 Å². The van der Waals surface area contributed by atoms with Crippen LogP contribution in [0.25, 0.3) is 0 Å². The van der Waals surface area contributed by atoms with Gasteiger partial charge in [0.15, 0.2) is 0 Å².